The van der Waals surface area contributed by atoms with Crippen LogP contribution < -0.4 is 5.32 Å². The molecule has 2 aromatic carbocycles. The van der Waals surface area contributed by atoms with Crippen molar-refractivity contribution in [3.8, 4) is 0 Å². The van der Waals surface area contributed by atoms with E-state index in [1.807, 2.05) is 0 Å². The lowest BCUT2D eigenvalue weighted by atomic mass is 10.1. The van der Waals surface area contributed by atoms with E-state index in [0.717, 1.165) is 5.56 Å². The Bertz CT molecular complexity index is 729. The van der Waals surface area contributed by atoms with Crippen LogP contribution in [0.25, 0.3) is 0 Å². The summed E-state index contributed by atoms with van der Waals surface area (Å²) >= 11 is 11.8. The zero-order valence-corrected chi connectivity index (χ0v) is 12.5. The Morgan fingerprint density at radius 2 is 1.81 bits per heavy atom. The first-order valence-electron chi connectivity index (χ1n) is 5.99. The lowest BCUT2D eigenvalue weighted by molar-refractivity contribution is 0.0696. The van der Waals surface area contributed by atoms with Crippen molar-refractivity contribution in [3.05, 3.63) is 63.1 Å². The van der Waals surface area contributed by atoms with Gasteiger partial charge in [0.05, 0.1) is 16.3 Å². The van der Waals surface area contributed by atoms with E-state index in [1.54, 1.807) is 25.1 Å². The predicted octanol–water partition coefficient (Wildman–Crippen LogP) is 4.25. The summed E-state index contributed by atoms with van der Waals surface area (Å²) < 4.78 is 0. The zero-order chi connectivity index (χ0) is 15.6. The van der Waals surface area contributed by atoms with E-state index >= 15 is 0 Å². The van der Waals surface area contributed by atoms with Gasteiger partial charge in [-0.1, -0.05) is 29.3 Å². The van der Waals surface area contributed by atoms with Crippen molar-refractivity contribution < 1.29 is 14.7 Å². The van der Waals surface area contributed by atoms with Gasteiger partial charge in [0.15, 0.2) is 0 Å². The van der Waals surface area contributed by atoms with Gasteiger partial charge in [0.25, 0.3) is 5.91 Å². The molecule has 0 spiro atoms. The van der Waals surface area contributed by atoms with E-state index < -0.39 is 11.9 Å². The molecule has 0 heterocycles. The van der Waals surface area contributed by atoms with Crippen LogP contribution in [-0.2, 0) is 0 Å². The van der Waals surface area contributed by atoms with E-state index in [0.29, 0.717) is 10.6 Å². The Morgan fingerprint density at radius 3 is 2.48 bits per heavy atom. The fourth-order valence-corrected chi connectivity index (χ4v) is 2.12. The maximum atomic E-state index is 12.2. The molecule has 6 heteroatoms. The first-order chi connectivity index (χ1) is 9.88. The third-order valence-electron chi connectivity index (χ3n) is 2.91. The quantitative estimate of drug-likeness (QED) is 0.887. The summed E-state index contributed by atoms with van der Waals surface area (Å²) in [6.07, 6.45) is 0. The number of hydrogen-bond donors (Lipinski definition) is 2. The average molecular weight is 324 g/mol. The summed E-state index contributed by atoms with van der Waals surface area (Å²) in [4.78, 5) is 23.2. The predicted molar refractivity (Wildman–Crippen MR) is 82.6 cm³/mol. The Morgan fingerprint density at radius 1 is 1.10 bits per heavy atom. The number of hydrogen-bond acceptors (Lipinski definition) is 2. The van der Waals surface area contributed by atoms with E-state index in [-0.39, 0.29) is 16.3 Å². The van der Waals surface area contributed by atoms with Crippen LogP contribution in [-0.4, -0.2) is 17.0 Å². The number of rotatable bonds is 3. The van der Waals surface area contributed by atoms with Crippen molar-refractivity contribution in [3.63, 3.8) is 0 Å². The molecule has 2 rings (SSSR count). The maximum absolute atomic E-state index is 12.2. The second-order valence-corrected chi connectivity index (χ2v) is 5.26. The minimum absolute atomic E-state index is 0.0394. The van der Waals surface area contributed by atoms with Gasteiger partial charge in [-0.25, -0.2) is 4.79 Å². The molecule has 0 bridgehead atoms. The number of aryl methyl sites for hydroxylation is 1. The number of halogens is 2. The smallest absolute Gasteiger partial charge is 0.335 e. The number of benzene rings is 2. The number of nitrogens with one attached hydrogen (secondary N) is 1. The molecule has 0 fully saturated rings. The lowest BCUT2D eigenvalue weighted by Crippen LogP contribution is -2.14. The fraction of sp³-hybridized carbons (Fsp3) is 0.0667. The molecule has 0 aromatic heterocycles. The van der Waals surface area contributed by atoms with E-state index in [1.165, 1.54) is 18.2 Å². The van der Waals surface area contributed by atoms with Crippen molar-refractivity contribution in [2.75, 3.05) is 5.32 Å². The minimum atomic E-state index is -1.10. The Labute approximate surface area is 131 Å². The van der Waals surface area contributed by atoms with Gasteiger partial charge >= 0.3 is 5.97 Å². The highest BCUT2D eigenvalue weighted by molar-refractivity contribution is 6.34. The molecule has 0 aliphatic heterocycles. The number of amides is 1. The highest BCUT2D eigenvalue weighted by Gasteiger charge is 2.13. The largest absolute Gasteiger partial charge is 0.478 e. The molecule has 0 saturated heterocycles. The van der Waals surface area contributed by atoms with Crippen LogP contribution in [0.4, 0.5) is 5.69 Å². The van der Waals surface area contributed by atoms with E-state index in [2.05, 4.69) is 5.32 Å². The molecule has 2 N–H and O–H groups in total. The summed E-state index contributed by atoms with van der Waals surface area (Å²) in [7, 11) is 0. The molecule has 0 atom stereocenters. The molecular formula is C15H11Cl2NO3. The van der Waals surface area contributed by atoms with Gasteiger partial charge in [0.2, 0.25) is 0 Å². The third kappa shape index (κ3) is 3.54. The van der Waals surface area contributed by atoms with Crippen LogP contribution in [0.2, 0.25) is 10.0 Å². The molecule has 0 saturated carbocycles. The van der Waals surface area contributed by atoms with Crippen LogP contribution >= 0.6 is 23.2 Å². The number of carboxylic acids is 1. The van der Waals surface area contributed by atoms with Gasteiger partial charge in [-0.05, 0) is 42.8 Å². The van der Waals surface area contributed by atoms with Crippen molar-refractivity contribution in [2.24, 2.45) is 0 Å². The van der Waals surface area contributed by atoms with Crippen molar-refractivity contribution in [2.45, 2.75) is 6.92 Å². The van der Waals surface area contributed by atoms with Crippen LogP contribution in [0.15, 0.2) is 36.4 Å². The molecule has 2 aromatic rings. The number of aromatic carboxylic acids is 1. The van der Waals surface area contributed by atoms with Crippen molar-refractivity contribution >= 4 is 40.8 Å². The molecule has 1 amide bonds. The molecule has 4 nitrogen and oxygen atoms in total. The number of carbonyl (C=O) groups is 2. The Hall–Kier alpha value is -2.04. The van der Waals surface area contributed by atoms with E-state index in [9.17, 15) is 9.59 Å². The van der Waals surface area contributed by atoms with Crippen molar-refractivity contribution in [1.29, 1.82) is 0 Å². The first kappa shape index (κ1) is 15.4. The summed E-state index contributed by atoms with van der Waals surface area (Å²) in [6.45, 7) is 1.78. The summed E-state index contributed by atoms with van der Waals surface area (Å²) in [5, 5.41) is 12.3. The lowest BCUT2D eigenvalue weighted by Gasteiger charge is -2.10. The van der Waals surface area contributed by atoms with Gasteiger partial charge < -0.3 is 10.4 Å². The zero-order valence-electron chi connectivity index (χ0n) is 11.0. The van der Waals surface area contributed by atoms with Crippen molar-refractivity contribution in [1.82, 2.24) is 0 Å². The SMILES string of the molecule is Cc1ccc(Cl)cc1C(=O)Nc1cc(C(=O)O)ccc1Cl. The Kier molecular flexibility index (Phi) is 4.50. The van der Waals surface area contributed by atoms with Crippen LogP contribution in [0.5, 0.6) is 0 Å². The number of carbonyl (C=O) groups excluding carboxylic acids is 1. The molecule has 0 unspecified atom stereocenters. The molecule has 0 aliphatic rings. The van der Waals surface area contributed by atoms with Gasteiger partial charge in [-0.3, -0.25) is 4.79 Å². The standard InChI is InChI=1S/C15H11Cl2NO3/c1-8-2-4-10(16)7-11(8)14(19)18-13-6-9(15(20)21)3-5-12(13)17/h2-7H,1H3,(H,18,19)(H,20,21). The van der Waals surface area contributed by atoms with Crippen LogP contribution in [0.3, 0.4) is 0 Å². The summed E-state index contributed by atoms with van der Waals surface area (Å²) in [5.74, 6) is -1.50. The second kappa shape index (κ2) is 6.16. The molecule has 0 aliphatic carbocycles. The van der Waals surface area contributed by atoms with E-state index in [4.69, 9.17) is 28.3 Å². The van der Waals surface area contributed by atoms with Gasteiger partial charge in [0, 0.05) is 10.6 Å². The second-order valence-electron chi connectivity index (χ2n) is 4.41. The van der Waals surface area contributed by atoms with Crippen LogP contribution in [0.1, 0.15) is 26.3 Å². The summed E-state index contributed by atoms with van der Waals surface area (Å²) in [5.41, 5.74) is 1.43. The van der Waals surface area contributed by atoms with Gasteiger partial charge in [-0.15, -0.1) is 0 Å². The molecule has 0 radical (unpaired) electrons. The first-order valence-corrected chi connectivity index (χ1v) is 6.74. The summed E-state index contributed by atoms with van der Waals surface area (Å²) in [6, 6.07) is 9.05. The van der Waals surface area contributed by atoms with Crippen LogP contribution in [0, 0.1) is 6.92 Å². The topological polar surface area (TPSA) is 66.4 Å². The molecular weight excluding hydrogens is 313 g/mol. The maximum Gasteiger partial charge on any atom is 0.335 e. The molecule has 21 heavy (non-hydrogen) atoms. The van der Waals surface area contributed by atoms with Gasteiger partial charge in [-0.2, -0.15) is 0 Å². The third-order valence-corrected chi connectivity index (χ3v) is 3.47. The fourth-order valence-electron chi connectivity index (χ4n) is 1.78. The molecule has 108 valence electrons. The van der Waals surface area contributed by atoms with Gasteiger partial charge in [0.1, 0.15) is 0 Å². The monoisotopic (exact) mass is 323 g/mol. The number of carboxylic acid groups (broad SMARTS) is 1. The average Bonchev–Trinajstić information content (AvgIpc) is 2.43. The minimum Gasteiger partial charge on any atom is -0.478 e. The highest BCUT2D eigenvalue weighted by Crippen LogP contribution is 2.25. The highest BCUT2D eigenvalue weighted by atomic mass is 35.5. The normalized spacial score (nSPS) is 10.2. The number of anilines is 1. The Balaban J connectivity index is 2.33.